The molecule has 0 aliphatic carbocycles. The number of rotatable bonds is 3. The molecule has 0 amide bonds. The molecular weight excluding hydrogens is 252 g/mol. The summed E-state index contributed by atoms with van der Waals surface area (Å²) in [6, 6.07) is 3.97. The quantitative estimate of drug-likeness (QED) is 0.614. The second-order valence-electron chi connectivity index (χ2n) is 3.49. The minimum Gasteiger partial charge on any atom is -0.459 e. The molecule has 1 aromatic rings. The molecular formula is C12H10F4O2. The highest BCUT2D eigenvalue weighted by atomic mass is 19.4. The third kappa shape index (κ3) is 4.57. The van der Waals surface area contributed by atoms with Crippen LogP contribution >= 0.6 is 0 Å². The zero-order valence-corrected chi connectivity index (χ0v) is 9.42. The van der Waals surface area contributed by atoms with Crippen molar-refractivity contribution < 1.29 is 27.1 Å². The number of benzene rings is 1. The van der Waals surface area contributed by atoms with Crippen molar-refractivity contribution in [3.63, 3.8) is 0 Å². The van der Waals surface area contributed by atoms with Crippen molar-refractivity contribution in [2.24, 2.45) is 0 Å². The molecule has 0 atom stereocenters. The minimum atomic E-state index is -4.42. The van der Waals surface area contributed by atoms with Gasteiger partial charge in [-0.3, -0.25) is 4.79 Å². The van der Waals surface area contributed by atoms with Crippen LogP contribution in [0.5, 0.6) is 0 Å². The van der Waals surface area contributed by atoms with E-state index in [1.807, 2.05) is 0 Å². The number of alkyl halides is 3. The number of ether oxygens (including phenoxy) is 1. The highest BCUT2D eigenvalue weighted by Crippen LogP contribution is 2.29. The van der Waals surface area contributed by atoms with Crippen LogP contribution in [0.2, 0.25) is 0 Å². The molecule has 0 saturated carbocycles. The van der Waals surface area contributed by atoms with Gasteiger partial charge in [0.25, 0.3) is 0 Å². The topological polar surface area (TPSA) is 26.3 Å². The lowest BCUT2D eigenvalue weighted by Gasteiger charge is -2.06. The van der Waals surface area contributed by atoms with E-state index in [1.54, 1.807) is 0 Å². The average molecular weight is 262 g/mol. The maximum Gasteiger partial charge on any atom is 0.416 e. The Kier molecular flexibility index (Phi) is 4.47. The smallest absolute Gasteiger partial charge is 0.416 e. The molecule has 2 nitrogen and oxygen atoms in total. The lowest BCUT2D eigenvalue weighted by atomic mass is 10.1. The van der Waals surface area contributed by atoms with Crippen LogP contribution in [0, 0.1) is 0 Å². The third-order valence-electron chi connectivity index (χ3n) is 1.97. The molecule has 0 fully saturated rings. The molecule has 98 valence electrons. The van der Waals surface area contributed by atoms with E-state index in [0.29, 0.717) is 0 Å². The first kappa shape index (κ1) is 14.2. The Morgan fingerprint density at radius 2 is 1.83 bits per heavy atom. The summed E-state index contributed by atoms with van der Waals surface area (Å²) in [7, 11) is 0. The summed E-state index contributed by atoms with van der Waals surface area (Å²) in [5.74, 6) is -1.38. The van der Waals surface area contributed by atoms with E-state index >= 15 is 0 Å². The Morgan fingerprint density at radius 1 is 1.28 bits per heavy atom. The molecule has 1 aromatic carbocycles. The fraction of sp³-hybridized carbons (Fsp3) is 0.250. The van der Waals surface area contributed by atoms with Gasteiger partial charge in [-0.1, -0.05) is 12.1 Å². The Bertz CT molecular complexity index is 446. The predicted molar refractivity (Wildman–Crippen MR) is 57.2 cm³/mol. The van der Waals surface area contributed by atoms with Gasteiger partial charge in [0.05, 0.1) is 5.56 Å². The van der Waals surface area contributed by atoms with Crippen LogP contribution in [0.15, 0.2) is 30.1 Å². The van der Waals surface area contributed by atoms with Crippen LogP contribution in [0.3, 0.4) is 0 Å². The van der Waals surface area contributed by atoms with Crippen LogP contribution in [0.1, 0.15) is 18.1 Å². The predicted octanol–water partition coefficient (Wildman–Crippen LogP) is 3.58. The molecule has 0 aromatic heterocycles. The third-order valence-corrected chi connectivity index (χ3v) is 1.97. The van der Waals surface area contributed by atoms with Crippen molar-refractivity contribution in [3.05, 3.63) is 41.2 Å². The molecule has 0 radical (unpaired) electrons. The number of esters is 1. The number of carbonyl (C=O) groups excluding carboxylic acids is 1. The van der Waals surface area contributed by atoms with Gasteiger partial charge in [0.15, 0.2) is 0 Å². The van der Waals surface area contributed by atoms with Crippen molar-refractivity contribution in [3.8, 4) is 0 Å². The van der Waals surface area contributed by atoms with Gasteiger partial charge in [0.1, 0.15) is 12.4 Å². The van der Waals surface area contributed by atoms with Gasteiger partial charge in [0, 0.05) is 6.92 Å². The van der Waals surface area contributed by atoms with Crippen molar-refractivity contribution in [2.45, 2.75) is 13.1 Å². The van der Waals surface area contributed by atoms with Gasteiger partial charge in [-0.2, -0.15) is 13.2 Å². The fourth-order valence-corrected chi connectivity index (χ4v) is 1.16. The standard InChI is InChI=1S/C12H10F4O2/c1-8(17)18-7-11(13)6-9-2-4-10(5-3-9)12(14,15)16/h2-6H,7H2,1H3/b11-6-. The van der Waals surface area contributed by atoms with Crippen molar-refractivity contribution in [2.75, 3.05) is 6.61 Å². The van der Waals surface area contributed by atoms with Gasteiger partial charge in [0.2, 0.25) is 0 Å². The molecule has 18 heavy (non-hydrogen) atoms. The summed E-state index contributed by atoms with van der Waals surface area (Å²) in [5, 5.41) is 0. The maximum absolute atomic E-state index is 13.1. The van der Waals surface area contributed by atoms with Gasteiger partial charge < -0.3 is 4.74 Å². The highest BCUT2D eigenvalue weighted by molar-refractivity contribution is 5.66. The molecule has 0 unspecified atom stereocenters. The number of halogens is 4. The largest absolute Gasteiger partial charge is 0.459 e. The molecule has 1 rings (SSSR count). The van der Waals surface area contributed by atoms with Gasteiger partial charge >= 0.3 is 12.1 Å². The lowest BCUT2D eigenvalue weighted by Crippen LogP contribution is -2.04. The second-order valence-corrected chi connectivity index (χ2v) is 3.49. The normalized spacial score (nSPS) is 12.4. The molecule has 0 aliphatic rings. The summed E-state index contributed by atoms with van der Waals surface area (Å²) in [6.45, 7) is 0.599. The molecule has 0 spiro atoms. The van der Waals surface area contributed by atoms with Crippen LogP contribution in [0.4, 0.5) is 17.6 Å². The van der Waals surface area contributed by atoms with Crippen LogP contribution in [-0.2, 0) is 15.7 Å². The van der Waals surface area contributed by atoms with E-state index in [-0.39, 0.29) is 5.56 Å². The van der Waals surface area contributed by atoms with Crippen molar-refractivity contribution in [1.29, 1.82) is 0 Å². The first-order valence-electron chi connectivity index (χ1n) is 4.96. The van der Waals surface area contributed by atoms with E-state index in [0.717, 1.165) is 37.3 Å². The van der Waals surface area contributed by atoms with E-state index in [9.17, 15) is 22.4 Å². The Balaban J connectivity index is 2.74. The Labute approximate surface area is 101 Å². The first-order chi connectivity index (χ1) is 8.29. The zero-order chi connectivity index (χ0) is 13.8. The molecule has 0 N–H and O–H groups in total. The van der Waals surface area contributed by atoms with Crippen molar-refractivity contribution >= 4 is 12.0 Å². The van der Waals surface area contributed by atoms with E-state index in [2.05, 4.69) is 4.74 Å². The molecule has 0 aliphatic heterocycles. The minimum absolute atomic E-state index is 0.257. The summed E-state index contributed by atoms with van der Waals surface area (Å²) in [6.07, 6.45) is -3.42. The summed E-state index contributed by atoms with van der Waals surface area (Å²) in [5.41, 5.74) is -0.548. The first-order valence-corrected chi connectivity index (χ1v) is 4.96. The summed E-state index contributed by atoms with van der Waals surface area (Å²) in [4.78, 5) is 10.4. The lowest BCUT2D eigenvalue weighted by molar-refractivity contribution is -0.140. The second kappa shape index (κ2) is 5.66. The monoisotopic (exact) mass is 262 g/mol. The Morgan fingerprint density at radius 3 is 2.28 bits per heavy atom. The average Bonchev–Trinajstić information content (AvgIpc) is 2.26. The fourth-order valence-electron chi connectivity index (χ4n) is 1.16. The highest BCUT2D eigenvalue weighted by Gasteiger charge is 2.29. The SMILES string of the molecule is CC(=O)OC/C(F)=C/c1ccc(C(F)(F)F)cc1. The zero-order valence-electron chi connectivity index (χ0n) is 9.42. The molecule has 6 heteroatoms. The molecule has 0 saturated heterocycles. The van der Waals surface area contributed by atoms with E-state index in [4.69, 9.17) is 0 Å². The molecule has 0 heterocycles. The van der Waals surface area contributed by atoms with Crippen molar-refractivity contribution in [1.82, 2.24) is 0 Å². The van der Waals surface area contributed by atoms with Crippen LogP contribution in [0.25, 0.3) is 6.08 Å². The van der Waals surface area contributed by atoms with Gasteiger partial charge in [-0.05, 0) is 23.8 Å². The molecule has 0 bridgehead atoms. The number of hydrogen-bond donors (Lipinski definition) is 0. The van der Waals surface area contributed by atoms with Gasteiger partial charge in [-0.15, -0.1) is 0 Å². The Hall–Kier alpha value is -1.85. The van der Waals surface area contributed by atoms with Gasteiger partial charge in [-0.25, -0.2) is 4.39 Å². The van der Waals surface area contributed by atoms with E-state index in [1.165, 1.54) is 0 Å². The van der Waals surface area contributed by atoms with E-state index < -0.39 is 30.1 Å². The van der Waals surface area contributed by atoms with Crippen LogP contribution in [-0.4, -0.2) is 12.6 Å². The summed E-state index contributed by atoms with van der Waals surface area (Å²) >= 11 is 0. The number of hydrogen-bond acceptors (Lipinski definition) is 2. The van der Waals surface area contributed by atoms with Crippen LogP contribution < -0.4 is 0 Å². The number of carbonyl (C=O) groups is 1. The summed E-state index contributed by atoms with van der Waals surface area (Å²) < 4.78 is 54.3. The maximum atomic E-state index is 13.1.